The molecule has 0 saturated carbocycles. The zero-order valence-corrected chi connectivity index (χ0v) is 16.6. The molecule has 1 saturated heterocycles. The van der Waals surface area contributed by atoms with E-state index in [9.17, 15) is 24.8 Å². The highest BCUT2D eigenvalue weighted by molar-refractivity contribution is 8.18. The molecule has 9 heteroatoms. The Bertz CT molecular complexity index is 1020. The number of nitro benzene ring substituents is 1. The molecule has 0 aromatic heterocycles. The summed E-state index contributed by atoms with van der Waals surface area (Å²) in [5.74, 6) is -0.918. The van der Waals surface area contributed by atoms with Gasteiger partial charge in [-0.1, -0.05) is 29.8 Å². The molecule has 0 bridgehead atoms. The van der Waals surface area contributed by atoms with Crippen LogP contribution in [0.4, 0.5) is 10.5 Å². The predicted molar refractivity (Wildman–Crippen MR) is 109 cm³/mol. The van der Waals surface area contributed by atoms with Gasteiger partial charge < -0.3 is 9.84 Å². The summed E-state index contributed by atoms with van der Waals surface area (Å²) < 4.78 is 5.24. The van der Waals surface area contributed by atoms with E-state index in [0.717, 1.165) is 39.9 Å². The second kappa shape index (κ2) is 8.36. The number of phenols is 1. The van der Waals surface area contributed by atoms with Crippen molar-refractivity contribution in [2.75, 3.05) is 6.61 Å². The Morgan fingerprint density at radius 1 is 1.24 bits per heavy atom. The SMILES string of the molecule is CCOc1cc([N+](=O)[O-])cc(/C=C2\SC(=O)N(Cc3ccc(C)cc3)C2=O)c1O. The Morgan fingerprint density at radius 2 is 1.93 bits per heavy atom. The largest absolute Gasteiger partial charge is 0.504 e. The normalized spacial score (nSPS) is 15.2. The van der Waals surface area contributed by atoms with Gasteiger partial charge >= 0.3 is 0 Å². The number of aryl methyl sites for hydroxylation is 1. The molecule has 1 aliphatic heterocycles. The summed E-state index contributed by atoms with van der Waals surface area (Å²) in [5.41, 5.74) is 1.60. The highest BCUT2D eigenvalue weighted by Gasteiger charge is 2.35. The fourth-order valence-corrected chi connectivity index (χ4v) is 3.58. The number of benzene rings is 2. The number of non-ortho nitro benzene ring substituents is 1. The monoisotopic (exact) mass is 414 g/mol. The number of amides is 2. The van der Waals surface area contributed by atoms with Crippen molar-refractivity contribution in [2.24, 2.45) is 0 Å². The Balaban J connectivity index is 1.92. The Morgan fingerprint density at radius 3 is 2.55 bits per heavy atom. The number of hydrogen-bond donors (Lipinski definition) is 1. The molecule has 1 aliphatic rings. The van der Waals surface area contributed by atoms with Gasteiger partial charge in [0.2, 0.25) is 0 Å². The second-order valence-electron chi connectivity index (χ2n) is 6.33. The predicted octanol–water partition coefficient (Wildman–Crippen LogP) is 4.24. The van der Waals surface area contributed by atoms with E-state index in [4.69, 9.17) is 4.74 Å². The number of nitro groups is 1. The zero-order chi connectivity index (χ0) is 21.1. The van der Waals surface area contributed by atoms with Crippen LogP contribution in [-0.4, -0.2) is 32.7 Å². The summed E-state index contributed by atoms with van der Waals surface area (Å²) in [7, 11) is 0. The van der Waals surface area contributed by atoms with Crippen LogP contribution in [0.25, 0.3) is 6.08 Å². The van der Waals surface area contributed by atoms with Crippen LogP contribution in [0.2, 0.25) is 0 Å². The number of thioether (sulfide) groups is 1. The van der Waals surface area contributed by atoms with Crippen LogP contribution in [0.3, 0.4) is 0 Å². The van der Waals surface area contributed by atoms with E-state index in [1.54, 1.807) is 6.92 Å². The maximum Gasteiger partial charge on any atom is 0.293 e. The topological polar surface area (TPSA) is 110 Å². The van der Waals surface area contributed by atoms with Gasteiger partial charge in [0.1, 0.15) is 0 Å². The standard InChI is InChI=1S/C20H18N2O6S/c1-3-28-16-10-15(22(26)27)8-14(18(16)23)9-17-19(24)21(20(25)29-17)11-13-6-4-12(2)5-7-13/h4-10,23H,3,11H2,1-2H3/b17-9-. The minimum atomic E-state index is -0.623. The first kappa shape index (κ1) is 20.4. The van der Waals surface area contributed by atoms with Crippen LogP contribution < -0.4 is 4.74 Å². The third kappa shape index (κ3) is 4.40. The molecule has 29 heavy (non-hydrogen) atoms. The van der Waals surface area contributed by atoms with Crippen molar-refractivity contribution >= 4 is 34.7 Å². The lowest BCUT2D eigenvalue weighted by Crippen LogP contribution is -2.27. The van der Waals surface area contributed by atoms with Crippen molar-refractivity contribution in [3.8, 4) is 11.5 Å². The Hall–Kier alpha value is -3.33. The summed E-state index contributed by atoms with van der Waals surface area (Å²) in [5, 5.41) is 21.1. The van der Waals surface area contributed by atoms with Crippen molar-refractivity contribution in [3.63, 3.8) is 0 Å². The zero-order valence-electron chi connectivity index (χ0n) is 15.7. The molecule has 2 aromatic carbocycles. The maximum absolute atomic E-state index is 12.7. The summed E-state index contributed by atoms with van der Waals surface area (Å²) in [4.78, 5) is 36.7. The molecule has 2 amide bonds. The van der Waals surface area contributed by atoms with Crippen LogP contribution in [-0.2, 0) is 11.3 Å². The van der Waals surface area contributed by atoms with Gasteiger partial charge in [-0.15, -0.1) is 0 Å². The van der Waals surface area contributed by atoms with Gasteiger partial charge in [0.15, 0.2) is 11.5 Å². The van der Waals surface area contributed by atoms with E-state index in [2.05, 4.69) is 0 Å². The lowest BCUT2D eigenvalue weighted by atomic mass is 10.1. The van der Waals surface area contributed by atoms with Crippen molar-refractivity contribution < 1.29 is 24.4 Å². The smallest absolute Gasteiger partial charge is 0.293 e. The van der Waals surface area contributed by atoms with Gasteiger partial charge in [0.25, 0.3) is 16.8 Å². The number of phenolic OH excluding ortho intramolecular Hbond substituents is 1. The van der Waals surface area contributed by atoms with E-state index in [-0.39, 0.29) is 40.8 Å². The molecule has 0 radical (unpaired) electrons. The van der Waals surface area contributed by atoms with Crippen LogP contribution in [0, 0.1) is 17.0 Å². The average molecular weight is 414 g/mol. The molecule has 0 aliphatic carbocycles. The molecule has 1 N–H and O–H groups in total. The van der Waals surface area contributed by atoms with E-state index < -0.39 is 16.1 Å². The first-order chi connectivity index (χ1) is 13.8. The molecule has 2 aromatic rings. The number of aromatic hydroxyl groups is 1. The summed E-state index contributed by atoms with van der Waals surface area (Å²) in [6.45, 7) is 3.93. The molecule has 0 spiro atoms. The summed E-state index contributed by atoms with van der Waals surface area (Å²) >= 11 is 0.718. The van der Waals surface area contributed by atoms with Gasteiger partial charge in [-0.3, -0.25) is 24.6 Å². The molecule has 1 heterocycles. The van der Waals surface area contributed by atoms with Gasteiger partial charge in [-0.25, -0.2) is 0 Å². The van der Waals surface area contributed by atoms with E-state index in [0.29, 0.717) is 0 Å². The lowest BCUT2D eigenvalue weighted by Gasteiger charge is -2.12. The first-order valence-corrected chi connectivity index (χ1v) is 9.57. The van der Waals surface area contributed by atoms with Gasteiger partial charge in [0, 0.05) is 11.6 Å². The molecule has 150 valence electrons. The quantitative estimate of drug-likeness (QED) is 0.427. The van der Waals surface area contributed by atoms with Crippen molar-refractivity contribution in [1.82, 2.24) is 4.90 Å². The first-order valence-electron chi connectivity index (χ1n) is 8.75. The Kier molecular flexibility index (Phi) is 5.88. The molecule has 0 atom stereocenters. The number of hydrogen-bond acceptors (Lipinski definition) is 7. The molecular weight excluding hydrogens is 396 g/mol. The van der Waals surface area contributed by atoms with Crippen LogP contribution in [0.15, 0.2) is 41.3 Å². The fraction of sp³-hybridized carbons (Fsp3) is 0.200. The molecule has 8 nitrogen and oxygen atoms in total. The lowest BCUT2D eigenvalue weighted by molar-refractivity contribution is -0.385. The van der Waals surface area contributed by atoms with E-state index in [1.165, 1.54) is 6.08 Å². The number of ether oxygens (including phenoxy) is 1. The van der Waals surface area contributed by atoms with Gasteiger partial charge in [-0.05, 0) is 37.2 Å². The van der Waals surface area contributed by atoms with Crippen LogP contribution in [0.5, 0.6) is 11.5 Å². The summed E-state index contributed by atoms with van der Waals surface area (Å²) in [6.07, 6.45) is 1.27. The Labute approximate surface area is 170 Å². The fourth-order valence-electron chi connectivity index (χ4n) is 2.75. The third-order valence-electron chi connectivity index (χ3n) is 4.22. The average Bonchev–Trinajstić information content (AvgIpc) is 2.94. The number of nitrogens with zero attached hydrogens (tertiary/aromatic N) is 2. The van der Waals surface area contributed by atoms with E-state index in [1.807, 2.05) is 31.2 Å². The number of carbonyl (C=O) groups is 2. The van der Waals surface area contributed by atoms with Crippen LogP contribution in [0.1, 0.15) is 23.6 Å². The van der Waals surface area contributed by atoms with Crippen molar-refractivity contribution in [1.29, 1.82) is 0 Å². The molecule has 0 unspecified atom stereocenters. The van der Waals surface area contributed by atoms with Crippen molar-refractivity contribution in [2.45, 2.75) is 20.4 Å². The highest BCUT2D eigenvalue weighted by Crippen LogP contribution is 2.39. The number of carbonyl (C=O) groups excluding carboxylic acids is 2. The third-order valence-corrected chi connectivity index (χ3v) is 5.13. The minimum Gasteiger partial charge on any atom is -0.504 e. The van der Waals surface area contributed by atoms with Gasteiger partial charge in [0.05, 0.1) is 29.0 Å². The van der Waals surface area contributed by atoms with Crippen LogP contribution >= 0.6 is 11.8 Å². The van der Waals surface area contributed by atoms with Crippen molar-refractivity contribution in [3.05, 3.63) is 68.1 Å². The van der Waals surface area contributed by atoms with Gasteiger partial charge in [-0.2, -0.15) is 0 Å². The minimum absolute atomic E-state index is 0.0310. The molecule has 1 fully saturated rings. The molecular formula is C20H18N2O6S. The summed E-state index contributed by atoms with van der Waals surface area (Å²) in [6, 6.07) is 9.69. The second-order valence-corrected chi connectivity index (χ2v) is 7.32. The van der Waals surface area contributed by atoms with E-state index >= 15 is 0 Å². The highest BCUT2D eigenvalue weighted by atomic mass is 32.2. The molecule has 3 rings (SSSR count). The maximum atomic E-state index is 12.7. The number of imide groups is 1. The number of rotatable bonds is 6.